The minimum Gasteiger partial charge on any atom is -0.352 e. The van der Waals surface area contributed by atoms with E-state index in [2.05, 4.69) is 43.4 Å². The molecular formula is C12H25N3O. The van der Waals surface area contributed by atoms with Crippen LogP contribution in [0.2, 0.25) is 0 Å². The Morgan fingerprint density at radius 3 is 2.62 bits per heavy atom. The lowest BCUT2D eigenvalue weighted by atomic mass is 10.1. The summed E-state index contributed by atoms with van der Waals surface area (Å²) in [5.41, 5.74) is 0.0911. The van der Waals surface area contributed by atoms with Crippen LogP contribution in [0.4, 0.5) is 0 Å². The van der Waals surface area contributed by atoms with Gasteiger partial charge < -0.3 is 15.5 Å². The number of hydrogen-bond donors (Lipinski definition) is 2. The molecule has 1 heterocycles. The van der Waals surface area contributed by atoms with E-state index in [4.69, 9.17) is 0 Å². The lowest BCUT2D eigenvalue weighted by Gasteiger charge is -2.20. The monoisotopic (exact) mass is 227 g/mol. The zero-order valence-corrected chi connectivity index (χ0v) is 11.0. The predicted octanol–water partition coefficient (Wildman–Crippen LogP) is 0.585. The van der Waals surface area contributed by atoms with Crippen molar-refractivity contribution in [2.75, 3.05) is 26.7 Å². The van der Waals surface area contributed by atoms with Crippen LogP contribution in [0.1, 0.15) is 33.6 Å². The molecule has 1 amide bonds. The Bertz CT molecular complexity index is 235. The van der Waals surface area contributed by atoms with E-state index in [1.54, 1.807) is 0 Å². The summed E-state index contributed by atoms with van der Waals surface area (Å²) in [4.78, 5) is 13.9. The number of carbonyl (C=O) groups is 1. The highest BCUT2D eigenvalue weighted by molar-refractivity contribution is 5.76. The van der Waals surface area contributed by atoms with E-state index in [9.17, 15) is 4.79 Å². The molecule has 0 spiro atoms. The smallest absolute Gasteiger partial charge is 0.221 e. The molecule has 4 heteroatoms. The first-order chi connectivity index (χ1) is 7.37. The van der Waals surface area contributed by atoms with Crippen molar-refractivity contribution in [2.24, 2.45) is 0 Å². The summed E-state index contributed by atoms with van der Waals surface area (Å²) in [5.74, 6) is 0.164. The average Bonchev–Trinajstić information content (AvgIpc) is 2.48. The molecule has 1 rings (SSSR count). The summed E-state index contributed by atoms with van der Waals surface area (Å²) in [6.45, 7) is 9.14. The Morgan fingerprint density at radius 1 is 1.44 bits per heavy atom. The van der Waals surface area contributed by atoms with Gasteiger partial charge in [0.05, 0.1) is 0 Å². The van der Waals surface area contributed by atoms with Crippen LogP contribution in [0.15, 0.2) is 0 Å². The minimum atomic E-state index is 0.0911. The second-order valence-electron chi connectivity index (χ2n) is 5.74. The largest absolute Gasteiger partial charge is 0.352 e. The standard InChI is InChI=1S/C12H25N3O/c1-12(2,3)13-7-5-11(16)14-10-6-8-15(4)9-10/h10,13H,5-9H2,1-4H3,(H,14,16). The summed E-state index contributed by atoms with van der Waals surface area (Å²) in [7, 11) is 2.09. The van der Waals surface area contributed by atoms with Gasteiger partial charge >= 0.3 is 0 Å². The second kappa shape index (κ2) is 5.64. The summed E-state index contributed by atoms with van der Waals surface area (Å²) < 4.78 is 0. The van der Waals surface area contributed by atoms with E-state index in [1.165, 1.54) is 0 Å². The van der Waals surface area contributed by atoms with E-state index >= 15 is 0 Å². The molecule has 1 atom stereocenters. The van der Waals surface area contributed by atoms with E-state index in [0.29, 0.717) is 12.5 Å². The maximum atomic E-state index is 11.6. The van der Waals surface area contributed by atoms with Crippen molar-refractivity contribution in [2.45, 2.75) is 45.2 Å². The highest BCUT2D eigenvalue weighted by Crippen LogP contribution is 2.06. The van der Waals surface area contributed by atoms with Gasteiger partial charge in [-0.2, -0.15) is 0 Å². The molecule has 2 N–H and O–H groups in total. The van der Waals surface area contributed by atoms with Crippen molar-refractivity contribution in [3.05, 3.63) is 0 Å². The molecule has 0 radical (unpaired) electrons. The van der Waals surface area contributed by atoms with Crippen molar-refractivity contribution >= 4 is 5.91 Å². The number of likely N-dealkylation sites (N-methyl/N-ethyl adjacent to an activating group) is 1. The molecule has 0 bridgehead atoms. The molecule has 1 fully saturated rings. The molecule has 0 aliphatic carbocycles. The maximum Gasteiger partial charge on any atom is 0.221 e. The normalized spacial score (nSPS) is 22.4. The van der Waals surface area contributed by atoms with Crippen molar-refractivity contribution in [3.63, 3.8) is 0 Å². The fourth-order valence-electron chi connectivity index (χ4n) is 1.90. The third kappa shape index (κ3) is 5.47. The van der Waals surface area contributed by atoms with Gasteiger partial charge in [-0.25, -0.2) is 0 Å². The van der Waals surface area contributed by atoms with Gasteiger partial charge in [0, 0.05) is 31.1 Å². The first-order valence-corrected chi connectivity index (χ1v) is 6.10. The molecule has 94 valence electrons. The number of likely N-dealkylation sites (tertiary alicyclic amines) is 1. The molecule has 1 unspecified atom stereocenters. The molecule has 1 saturated heterocycles. The number of nitrogens with zero attached hydrogens (tertiary/aromatic N) is 1. The quantitative estimate of drug-likeness (QED) is 0.738. The molecule has 0 aromatic carbocycles. The van der Waals surface area contributed by atoms with Gasteiger partial charge in [-0.1, -0.05) is 0 Å². The number of carbonyl (C=O) groups excluding carboxylic acids is 1. The average molecular weight is 227 g/mol. The zero-order valence-electron chi connectivity index (χ0n) is 11.0. The van der Waals surface area contributed by atoms with Gasteiger partial charge in [-0.3, -0.25) is 4.79 Å². The summed E-state index contributed by atoms with van der Waals surface area (Å²) in [6, 6.07) is 0.354. The first-order valence-electron chi connectivity index (χ1n) is 6.10. The highest BCUT2D eigenvalue weighted by atomic mass is 16.1. The Kier molecular flexibility index (Phi) is 4.74. The molecular weight excluding hydrogens is 202 g/mol. The summed E-state index contributed by atoms with van der Waals surface area (Å²) in [6.07, 6.45) is 1.65. The predicted molar refractivity (Wildman–Crippen MR) is 66.4 cm³/mol. The van der Waals surface area contributed by atoms with Crippen LogP contribution < -0.4 is 10.6 Å². The van der Waals surface area contributed by atoms with Crippen LogP contribution in [0.3, 0.4) is 0 Å². The fourth-order valence-corrected chi connectivity index (χ4v) is 1.90. The lowest BCUT2D eigenvalue weighted by molar-refractivity contribution is -0.121. The van der Waals surface area contributed by atoms with Gasteiger partial charge in [-0.15, -0.1) is 0 Å². The third-order valence-electron chi connectivity index (χ3n) is 2.76. The molecule has 1 aliphatic heterocycles. The van der Waals surface area contributed by atoms with Crippen molar-refractivity contribution in [1.29, 1.82) is 0 Å². The number of rotatable bonds is 4. The van der Waals surface area contributed by atoms with Gasteiger partial charge in [0.15, 0.2) is 0 Å². The SMILES string of the molecule is CN1CCC(NC(=O)CCNC(C)(C)C)C1. The Balaban J connectivity index is 2.12. The number of nitrogens with one attached hydrogen (secondary N) is 2. The van der Waals surface area contributed by atoms with Crippen LogP contribution >= 0.6 is 0 Å². The first kappa shape index (κ1) is 13.5. The van der Waals surface area contributed by atoms with E-state index < -0.39 is 0 Å². The van der Waals surface area contributed by atoms with Gasteiger partial charge in [0.25, 0.3) is 0 Å². The van der Waals surface area contributed by atoms with Gasteiger partial charge in [0.2, 0.25) is 5.91 Å². The Labute approximate surface area is 98.8 Å². The van der Waals surface area contributed by atoms with Crippen molar-refractivity contribution in [3.8, 4) is 0 Å². The molecule has 4 nitrogen and oxygen atoms in total. The maximum absolute atomic E-state index is 11.6. The van der Waals surface area contributed by atoms with Crippen molar-refractivity contribution in [1.82, 2.24) is 15.5 Å². The van der Waals surface area contributed by atoms with Crippen molar-refractivity contribution < 1.29 is 4.79 Å². The fraction of sp³-hybridized carbons (Fsp3) is 0.917. The third-order valence-corrected chi connectivity index (χ3v) is 2.76. The van der Waals surface area contributed by atoms with Gasteiger partial charge in [0.1, 0.15) is 0 Å². The van der Waals surface area contributed by atoms with Crippen LogP contribution in [0.5, 0.6) is 0 Å². The van der Waals surface area contributed by atoms with E-state index in [1.807, 2.05) is 0 Å². The Morgan fingerprint density at radius 2 is 2.12 bits per heavy atom. The zero-order chi connectivity index (χ0) is 12.2. The molecule has 16 heavy (non-hydrogen) atoms. The summed E-state index contributed by atoms with van der Waals surface area (Å²) in [5, 5.41) is 6.39. The molecule has 0 aromatic heterocycles. The van der Waals surface area contributed by atoms with E-state index in [-0.39, 0.29) is 11.4 Å². The summed E-state index contributed by atoms with van der Waals surface area (Å²) >= 11 is 0. The number of amides is 1. The lowest BCUT2D eigenvalue weighted by Crippen LogP contribution is -2.41. The minimum absolute atomic E-state index is 0.0911. The van der Waals surface area contributed by atoms with E-state index in [0.717, 1.165) is 26.1 Å². The van der Waals surface area contributed by atoms with Gasteiger partial charge in [-0.05, 0) is 40.8 Å². The highest BCUT2D eigenvalue weighted by Gasteiger charge is 2.20. The molecule has 0 aromatic rings. The van der Waals surface area contributed by atoms with Crippen LogP contribution in [0, 0.1) is 0 Å². The van der Waals surface area contributed by atoms with Crippen LogP contribution in [-0.2, 0) is 4.79 Å². The Hall–Kier alpha value is -0.610. The van der Waals surface area contributed by atoms with Crippen LogP contribution in [0.25, 0.3) is 0 Å². The molecule has 1 aliphatic rings. The number of hydrogen-bond acceptors (Lipinski definition) is 3. The second-order valence-corrected chi connectivity index (χ2v) is 5.74. The topological polar surface area (TPSA) is 44.4 Å². The van der Waals surface area contributed by atoms with Crippen LogP contribution in [-0.4, -0.2) is 49.1 Å². The molecule has 0 saturated carbocycles.